The molecule has 0 bridgehead atoms. The van der Waals surface area contributed by atoms with E-state index in [0.29, 0.717) is 16.8 Å². The summed E-state index contributed by atoms with van der Waals surface area (Å²) in [5.74, 6) is -0.813. The number of aromatic carboxylic acids is 1. The molecule has 0 radical (unpaired) electrons. The van der Waals surface area contributed by atoms with Crippen LogP contribution in [-0.2, 0) is 0 Å². The third kappa shape index (κ3) is 2.33. The maximum atomic E-state index is 13.5. The van der Waals surface area contributed by atoms with Gasteiger partial charge in [0.05, 0.1) is 7.11 Å². The fraction of sp³-hybridized carbons (Fsp3) is 0.0625. The van der Waals surface area contributed by atoms with Crippen molar-refractivity contribution in [2.45, 2.75) is 0 Å². The first-order valence-electron chi connectivity index (χ1n) is 6.28. The van der Waals surface area contributed by atoms with E-state index in [2.05, 4.69) is 4.98 Å². The van der Waals surface area contributed by atoms with Crippen LogP contribution in [0.1, 0.15) is 10.5 Å². The topological polar surface area (TPSA) is 62.3 Å². The Morgan fingerprint density at radius 3 is 2.71 bits per heavy atom. The van der Waals surface area contributed by atoms with Gasteiger partial charge in [-0.3, -0.25) is 0 Å². The molecule has 106 valence electrons. The van der Waals surface area contributed by atoms with E-state index in [4.69, 9.17) is 9.84 Å². The maximum absolute atomic E-state index is 13.5. The molecule has 0 saturated heterocycles. The molecule has 0 aliphatic heterocycles. The van der Waals surface area contributed by atoms with Crippen molar-refractivity contribution in [1.82, 2.24) is 4.98 Å². The van der Waals surface area contributed by atoms with Crippen molar-refractivity contribution in [2.24, 2.45) is 0 Å². The molecule has 21 heavy (non-hydrogen) atoms. The number of carbonyl (C=O) groups is 1. The molecular formula is C16H12FNO3. The number of rotatable bonds is 3. The van der Waals surface area contributed by atoms with E-state index in [-0.39, 0.29) is 11.5 Å². The number of carboxylic acids is 1. The summed E-state index contributed by atoms with van der Waals surface area (Å²) in [6.45, 7) is 0. The molecule has 3 rings (SSSR count). The molecule has 3 aromatic rings. The number of benzene rings is 2. The highest BCUT2D eigenvalue weighted by Gasteiger charge is 2.11. The van der Waals surface area contributed by atoms with Gasteiger partial charge in [0.2, 0.25) is 0 Å². The molecule has 2 N–H and O–H groups in total. The van der Waals surface area contributed by atoms with Gasteiger partial charge in [0.1, 0.15) is 17.3 Å². The van der Waals surface area contributed by atoms with Gasteiger partial charge in [-0.15, -0.1) is 0 Å². The van der Waals surface area contributed by atoms with Gasteiger partial charge in [-0.25, -0.2) is 9.18 Å². The molecule has 1 heterocycles. The summed E-state index contributed by atoms with van der Waals surface area (Å²) in [6, 6.07) is 11.2. The molecule has 0 aliphatic rings. The minimum atomic E-state index is -1.02. The van der Waals surface area contributed by atoms with E-state index in [1.165, 1.54) is 19.2 Å². The van der Waals surface area contributed by atoms with Crippen LogP contribution in [0.15, 0.2) is 42.5 Å². The van der Waals surface area contributed by atoms with Crippen molar-refractivity contribution in [3.8, 4) is 16.9 Å². The Bertz CT molecular complexity index is 839. The summed E-state index contributed by atoms with van der Waals surface area (Å²) < 4.78 is 18.7. The molecule has 0 saturated carbocycles. The smallest absolute Gasteiger partial charge is 0.352 e. The minimum absolute atomic E-state index is 0.119. The van der Waals surface area contributed by atoms with Crippen LogP contribution in [-0.4, -0.2) is 23.2 Å². The summed E-state index contributed by atoms with van der Waals surface area (Å²) in [6.07, 6.45) is 0. The summed E-state index contributed by atoms with van der Waals surface area (Å²) >= 11 is 0. The van der Waals surface area contributed by atoms with E-state index in [0.717, 1.165) is 10.9 Å². The van der Waals surface area contributed by atoms with Gasteiger partial charge in [0, 0.05) is 16.5 Å². The predicted molar refractivity (Wildman–Crippen MR) is 77.2 cm³/mol. The number of fused-ring (bicyclic) bond motifs is 1. The first-order chi connectivity index (χ1) is 10.1. The molecule has 0 atom stereocenters. The standard InChI is InChI=1S/C16H12FNO3/c1-21-15-5-3-11(17)8-12(15)9-2-4-13-10(6-9)7-14(18-13)16(19)20/h2-8,18H,1H3,(H,19,20). The first kappa shape index (κ1) is 13.2. The Kier molecular flexibility index (Phi) is 3.10. The fourth-order valence-electron chi connectivity index (χ4n) is 2.32. The Morgan fingerprint density at radius 1 is 1.19 bits per heavy atom. The summed E-state index contributed by atoms with van der Waals surface area (Å²) in [5, 5.41) is 9.74. The molecule has 2 aromatic carbocycles. The normalized spacial score (nSPS) is 10.8. The number of methoxy groups -OCH3 is 1. The number of ether oxygens (including phenoxy) is 1. The summed E-state index contributed by atoms with van der Waals surface area (Å²) in [4.78, 5) is 13.8. The number of hydrogen-bond donors (Lipinski definition) is 2. The molecule has 1 aromatic heterocycles. The van der Waals surface area contributed by atoms with Crippen molar-refractivity contribution in [3.05, 3.63) is 54.0 Å². The van der Waals surface area contributed by atoms with Crippen LogP contribution in [0.25, 0.3) is 22.0 Å². The van der Waals surface area contributed by atoms with E-state index >= 15 is 0 Å². The summed E-state index contributed by atoms with van der Waals surface area (Å²) in [7, 11) is 1.52. The minimum Gasteiger partial charge on any atom is -0.496 e. The number of carboxylic acid groups (broad SMARTS) is 1. The van der Waals surface area contributed by atoms with Crippen LogP contribution in [0, 0.1) is 5.82 Å². The van der Waals surface area contributed by atoms with E-state index in [9.17, 15) is 9.18 Å². The van der Waals surface area contributed by atoms with E-state index in [1.54, 1.807) is 30.3 Å². The van der Waals surface area contributed by atoms with Crippen LogP contribution < -0.4 is 4.74 Å². The second-order valence-corrected chi connectivity index (χ2v) is 4.63. The largest absolute Gasteiger partial charge is 0.496 e. The highest BCUT2D eigenvalue weighted by molar-refractivity contribution is 5.95. The van der Waals surface area contributed by atoms with Gasteiger partial charge in [-0.1, -0.05) is 6.07 Å². The molecule has 4 nitrogen and oxygen atoms in total. The zero-order valence-electron chi connectivity index (χ0n) is 11.2. The van der Waals surface area contributed by atoms with E-state index in [1.807, 2.05) is 0 Å². The molecule has 0 spiro atoms. The van der Waals surface area contributed by atoms with Crippen LogP contribution in [0.2, 0.25) is 0 Å². The number of hydrogen-bond acceptors (Lipinski definition) is 2. The predicted octanol–water partition coefficient (Wildman–Crippen LogP) is 3.68. The number of halogens is 1. The quantitative estimate of drug-likeness (QED) is 0.771. The first-order valence-corrected chi connectivity index (χ1v) is 6.28. The average molecular weight is 285 g/mol. The van der Waals surface area contributed by atoms with Crippen LogP contribution in [0.3, 0.4) is 0 Å². The third-order valence-electron chi connectivity index (χ3n) is 3.32. The lowest BCUT2D eigenvalue weighted by molar-refractivity contribution is 0.0691. The van der Waals surface area contributed by atoms with Gasteiger partial charge in [-0.05, 0) is 42.0 Å². The number of H-pyrrole nitrogens is 1. The molecule has 0 unspecified atom stereocenters. The summed E-state index contributed by atoms with van der Waals surface area (Å²) in [5.41, 5.74) is 2.21. The average Bonchev–Trinajstić information content (AvgIpc) is 2.90. The fourth-order valence-corrected chi connectivity index (χ4v) is 2.32. The highest BCUT2D eigenvalue weighted by atomic mass is 19.1. The third-order valence-corrected chi connectivity index (χ3v) is 3.32. The number of aromatic amines is 1. The van der Waals surface area contributed by atoms with Crippen LogP contribution >= 0.6 is 0 Å². The Labute approximate surface area is 119 Å². The molecule has 5 heteroatoms. The van der Waals surface area contributed by atoms with Gasteiger partial charge in [-0.2, -0.15) is 0 Å². The van der Waals surface area contributed by atoms with Crippen LogP contribution in [0.5, 0.6) is 5.75 Å². The lowest BCUT2D eigenvalue weighted by atomic mass is 10.0. The van der Waals surface area contributed by atoms with Crippen LogP contribution in [0.4, 0.5) is 4.39 Å². The zero-order chi connectivity index (χ0) is 15.0. The molecular weight excluding hydrogens is 273 g/mol. The molecule has 0 aliphatic carbocycles. The Morgan fingerprint density at radius 2 is 2.00 bits per heavy atom. The number of aromatic nitrogens is 1. The van der Waals surface area contributed by atoms with Crippen molar-refractivity contribution in [1.29, 1.82) is 0 Å². The lowest BCUT2D eigenvalue weighted by Crippen LogP contribution is -1.94. The van der Waals surface area contributed by atoms with Gasteiger partial charge in [0.25, 0.3) is 0 Å². The lowest BCUT2D eigenvalue weighted by Gasteiger charge is -2.08. The second-order valence-electron chi connectivity index (χ2n) is 4.63. The molecule has 0 fully saturated rings. The van der Waals surface area contributed by atoms with Crippen molar-refractivity contribution in [3.63, 3.8) is 0 Å². The van der Waals surface area contributed by atoms with Gasteiger partial charge >= 0.3 is 5.97 Å². The number of nitrogens with one attached hydrogen (secondary N) is 1. The Balaban J connectivity index is 2.17. The monoisotopic (exact) mass is 285 g/mol. The van der Waals surface area contributed by atoms with Crippen molar-refractivity contribution < 1.29 is 19.0 Å². The van der Waals surface area contributed by atoms with Gasteiger partial charge < -0.3 is 14.8 Å². The second kappa shape index (κ2) is 4.94. The van der Waals surface area contributed by atoms with E-state index < -0.39 is 5.97 Å². The van der Waals surface area contributed by atoms with Crippen molar-refractivity contribution >= 4 is 16.9 Å². The SMILES string of the molecule is COc1ccc(F)cc1-c1ccc2[nH]c(C(=O)O)cc2c1. The molecule has 0 amide bonds. The zero-order valence-corrected chi connectivity index (χ0v) is 11.2. The Hall–Kier alpha value is -2.82. The van der Waals surface area contributed by atoms with Crippen molar-refractivity contribution in [2.75, 3.05) is 7.11 Å². The van der Waals surface area contributed by atoms with Gasteiger partial charge in [0.15, 0.2) is 0 Å². The highest BCUT2D eigenvalue weighted by Crippen LogP contribution is 2.32. The maximum Gasteiger partial charge on any atom is 0.352 e.